The molecule has 1 aromatic carbocycles. The average molecular weight is 395 g/mol. The smallest absolute Gasteiger partial charge is 0.240 e. The Morgan fingerprint density at radius 2 is 2.15 bits per heavy atom. The number of aryl methyl sites for hydroxylation is 1. The third kappa shape index (κ3) is 4.08. The van der Waals surface area contributed by atoms with Gasteiger partial charge in [0.2, 0.25) is 15.9 Å². The molecule has 0 atom stereocenters. The van der Waals surface area contributed by atoms with E-state index in [1.807, 2.05) is 5.38 Å². The molecule has 1 N–H and O–H groups in total. The minimum absolute atomic E-state index is 0.0315. The van der Waals surface area contributed by atoms with Crippen molar-refractivity contribution in [3.05, 3.63) is 45.6 Å². The maximum Gasteiger partial charge on any atom is 0.240 e. The lowest BCUT2D eigenvalue weighted by atomic mass is 10.1. The summed E-state index contributed by atoms with van der Waals surface area (Å²) in [4.78, 5) is 15.7. The van der Waals surface area contributed by atoms with E-state index in [1.165, 1.54) is 23.6 Å². The molecule has 1 amide bonds. The van der Waals surface area contributed by atoms with Crippen LogP contribution in [-0.2, 0) is 27.8 Å². The molecule has 3 rings (SSSR count). The number of hydrogen-bond donors (Lipinski definition) is 1. The van der Waals surface area contributed by atoms with Gasteiger partial charge in [0, 0.05) is 30.9 Å². The van der Waals surface area contributed by atoms with Crippen molar-refractivity contribution in [2.45, 2.75) is 31.2 Å². The molecule has 0 fully saturated rings. The molecule has 1 aromatic heterocycles. The van der Waals surface area contributed by atoms with E-state index in [0.29, 0.717) is 24.4 Å². The van der Waals surface area contributed by atoms with Gasteiger partial charge in [0.25, 0.3) is 0 Å². The zero-order valence-electron chi connectivity index (χ0n) is 14.8. The highest BCUT2D eigenvalue weighted by molar-refractivity contribution is 7.89. The Balaban J connectivity index is 1.56. The highest BCUT2D eigenvalue weighted by Crippen LogP contribution is 2.24. The van der Waals surface area contributed by atoms with E-state index >= 15 is 0 Å². The molecular weight excluding hydrogens is 372 g/mol. The highest BCUT2D eigenvalue weighted by atomic mass is 32.2. The van der Waals surface area contributed by atoms with E-state index in [-0.39, 0.29) is 23.8 Å². The van der Waals surface area contributed by atoms with Crippen LogP contribution in [0.4, 0.5) is 0 Å². The summed E-state index contributed by atoms with van der Waals surface area (Å²) in [7, 11) is -2.12. The molecule has 0 saturated heterocycles. The first-order valence-electron chi connectivity index (χ1n) is 8.38. The predicted octanol–water partition coefficient (Wildman–Crippen LogP) is 2.32. The molecule has 2 aromatic rings. The van der Waals surface area contributed by atoms with Crippen molar-refractivity contribution in [3.8, 4) is 5.75 Å². The standard InChI is InChI=1S/C18H22N2O4S2/c1-13-11-15(24-2)3-4-17(13)26(22,23)19-8-5-18(21)20-9-6-16-14(12-20)7-10-25-16/h3-4,7,10-11,19H,5-6,8-9,12H2,1-2H3. The van der Waals surface area contributed by atoms with Gasteiger partial charge in [0.15, 0.2) is 0 Å². The molecule has 0 bridgehead atoms. The van der Waals surface area contributed by atoms with E-state index in [9.17, 15) is 13.2 Å². The van der Waals surface area contributed by atoms with Gasteiger partial charge in [0.05, 0.1) is 12.0 Å². The van der Waals surface area contributed by atoms with Gasteiger partial charge in [-0.25, -0.2) is 13.1 Å². The summed E-state index contributed by atoms with van der Waals surface area (Å²) in [5, 5.41) is 2.05. The van der Waals surface area contributed by atoms with Gasteiger partial charge in [-0.05, 0) is 54.1 Å². The molecule has 2 heterocycles. The number of hydrogen-bond acceptors (Lipinski definition) is 5. The minimum atomic E-state index is -3.66. The number of amides is 1. The molecule has 0 unspecified atom stereocenters. The number of sulfonamides is 1. The summed E-state index contributed by atoms with van der Waals surface area (Å²) < 4.78 is 32.5. The fourth-order valence-corrected chi connectivity index (χ4v) is 5.19. The predicted molar refractivity (Wildman–Crippen MR) is 101 cm³/mol. The Morgan fingerprint density at radius 1 is 1.35 bits per heavy atom. The van der Waals surface area contributed by atoms with E-state index in [4.69, 9.17) is 4.74 Å². The molecule has 6 nitrogen and oxygen atoms in total. The molecular formula is C18H22N2O4S2. The maximum absolute atomic E-state index is 12.5. The Bertz CT molecular complexity index is 906. The average Bonchev–Trinajstić information content (AvgIpc) is 3.08. The molecule has 0 spiro atoms. The van der Waals surface area contributed by atoms with E-state index in [2.05, 4.69) is 10.8 Å². The van der Waals surface area contributed by atoms with Crippen LogP contribution in [0.5, 0.6) is 5.75 Å². The molecule has 8 heteroatoms. The van der Waals surface area contributed by atoms with Crippen LogP contribution in [0.1, 0.15) is 22.4 Å². The second kappa shape index (κ2) is 7.77. The van der Waals surface area contributed by atoms with Crippen LogP contribution in [0.2, 0.25) is 0 Å². The summed E-state index contributed by atoms with van der Waals surface area (Å²) in [5.41, 5.74) is 1.80. The zero-order chi connectivity index (χ0) is 18.7. The van der Waals surface area contributed by atoms with Crippen molar-refractivity contribution in [2.24, 2.45) is 0 Å². The van der Waals surface area contributed by atoms with Gasteiger partial charge >= 0.3 is 0 Å². The number of carbonyl (C=O) groups excluding carboxylic acids is 1. The lowest BCUT2D eigenvalue weighted by molar-refractivity contribution is -0.131. The summed E-state index contributed by atoms with van der Waals surface area (Å²) in [6, 6.07) is 6.85. The molecule has 0 radical (unpaired) electrons. The number of fused-ring (bicyclic) bond motifs is 1. The number of thiophene rings is 1. The van der Waals surface area contributed by atoms with Crippen LogP contribution in [0, 0.1) is 6.92 Å². The first-order chi connectivity index (χ1) is 12.4. The summed E-state index contributed by atoms with van der Waals surface area (Å²) >= 11 is 1.72. The van der Waals surface area contributed by atoms with Crippen molar-refractivity contribution in [2.75, 3.05) is 20.2 Å². The first-order valence-corrected chi connectivity index (χ1v) is 10.7. The normalized spacial score (nSPS) is 14.2. The molecule has 140 valence electrons. The number of nitrogens with one attached hydrogen (secondary N) is 1. The number of benzene rings is 1. The number of nitrogens with zero attached hydrogens (tertiary/aromatic N) is 1. The minimum Gasteiger partial charge on any atom is -0.497 e. The van der Waals surface area contributed by atoms with Gasteiger partial charge in [0.1, 0.15) is 5.75 Å². The van der Waals surface area contributed by atoms with Crippen LogP contribution < -0.4 is 9.46 Å². The fraction of sp³-hybridized carbons (Fsp3) is 0.389. The fourth-order valence-electron chi connectivity index (χ4n) is 3.04. The Labute approximate surface area is 157 Å². The van der Waals surface area contributed by atoms with Gasteiger partial charge in [-0.3, -0.25) is 4.79 Å². The largest absolute Gasteiger partial charge is 0.497 e. The van der Waals surface area contributed by atoms with E-state index in [1.54, 1.807) is 35.3 Å². The number of methoxy groups -OCH3 is 1. The van der Waals surface area contributed by atoms with Crippen LogP contribution >= 0.6 is 11.3 Å². The van der Waals surface area contributed by atoms with Crippen LogP contribution in [0.25, 0.3) is 0 Å². The lowest BCUT2D eigenvalue weighted by Crippen LogP contribution is -2.37. The summed E-state index contributed by atoms with van der Waals surface area (Å²) in [5.74, 6) is 0.575. The second-order valence-corrected chi connectivity index (χ2v) is 8.95. The van der Waals surface area contributed by atoms with Crippen LogP contribution in [0.15, 0.2) is 34.5 Å². The van der Waals surface area contributed by atoms with Crippen LogP contribution in [0.3, 0.4) is 0 Å². The number of carbonyl (C=O) groups is 1. The van der Waals surface area contributed by atoms with Gasteiger partial charge in [-0.1, -0.05) is 0 Å². The second-order valence-electron chi connectivity index (χ2n) is 6.21. The lowest BCUT2D eigenvalue weighted by Gasteiger charge is -2.27. The first kappa shape index (κ1) is 18.9. The molecule has 26 heavy (non-hydrogen) atoms. The zero-order valence-corrected chi connectivity index (χ0v) is 16.5. The third-order valence-electron chi connectivity index (χ3n) is 4.46. The van der Waals surface area contributed by atoms with Gasteiger partial charge in [-0.15, -0.1) is 11.3 Å². The molecule has 0 aliphatic carbocycles. The van der Waals surface area contributed by atoms with Crippen molar-refractivity contribution in [3.63, 3.8) is 0 Å². The van der Waals surface area contributed by atoms with Crippen molar-refractivity contribution < 1.29 is 17.9 Å². The monoisotopic (exact) mass is 394 g/mol. The number of ether oxygens (including phenoxy) is 1. The summed E-state index contributed by atoms with van der Waals surface area (Å²) in [6.45, 7) is 3.10. The molecule has 0 saturated carbocycles. The van der Waals surface area contributed by atoms with Crippen LogP contribution in [-0.4, -0.2) is 39.4 Å². The molecule has 1 aliphatic rings. The highest BCUT2D eigenvalue weighted by Gasteiger charge is 2.22. The Morgan fingerprint density at radius 3 is 2.88 bits per heavy atom. The van der Waals surface area contributed by atoms with E-state index in [0.717, 1.165) is 6.42 Å². The van der Waals surface area contributed by atoms with E-state index < -0.39 is 10.0 Å². The summed E-state index contributed by atoms with van der Waals surface area (Å²) in [6.07, 6.45) is 1.02. The topological polar surface area (TPSA) is 75.7 Å². The Kier molecular flexibility index (Phi) is 5.64. The SMILES string of the molecule is COc1ccc(S(=O)(=O)NCCC(=O)N2CCc3sccc3C2)c(C)c1. The number of rotatable bonds is 6. The Hall–Kier alpha value is -1.90. The third-order valence-corrected chi connectivity index (χ3v) is 7.11. The van der Waals surface area contributed by atoms with Gasteiger partial charge in [-0.2, -0.15) is 0 Å². The maximum atomic E-state index is 12.5. The van der Waals surface area contributed by atoms with Crippen molar-refractivity contribution in [1.82, 2.24) is 9.62 Å². The van der Waals surface area contributed by atoms with Gasteiger partial charge < -0.3 is 9.64 Å². The quantitative estimate of drug-likeness (QED) is 0.816. The van der Waals surface area contributed by atoms with Crippen molar-refractivity contribution >= 4 is 27.3 Å². The van der Waals surface area contributed by atoms with Crippen molar-refractivity contribution in [1.29, 1.82) is 0 Å². The molecule has 1 aliphatic heterocycles.